The van der Waals surface area contributed by atoms with Crippen molar-refractivity contribution in [1.29, 1.82) is 0 Å². The third-order valence-electron chi connectivity index (χ3n) is 5.23. The van der Waals surface area contributed by atoms with Gasteiger partial charge in [0, 0.05) is 29.1 Å². The van der Waals surface area contributed by atoms with Gasteiger partial charge in [-0.2, -0.15) is 0 Å². The minimum absolute atomic E-state index is 0.0862. The van der Waals surface area contributed by atoms with Gasteiger partial charge in [-0.3, -0.25) is 19.3 Å². The highest BCUT2D eigenvalue weighted by Gasteiger charge is 2.53. The Morgan fingerprint density at radius 1 is 1.29 bits per heavy atom. The van der Waals surface area contributed by atoms with Gasteiger partial charge in [0.05, 0.1) is 10.6 Å². The molecule has 0 bridgehead atoms. The zero-order valence-corrected chi connectivity index (χ0v) is 21.0. The number of thioether (sulfide) groups is 2. The molecule has 3 aromatic rings. The second-order valence-electron chi connectivity index (χ2n) is 7.45. The van der Waals surface area contributed by atoms with E-state index in [0.29, 0.717) is 25.9 Å². The SMILES string of the molecule is O=C(Cc1cccs1)NC1C(=O)N2C(C(=O)O)=C(/C=C/Sc3cc(=O)c4nccnc4s3)CS[C@H]12. The van der Waals surface area contributed by atoms with Crippen LogP contribution in [0.3, 0.4) is 0 Å². The van der Waals surface area contributed by atoms with Crippen molar-refractivity contribution in [1.82, 2.24) is 20.2 Å². The third kappa shape index (κ3) is 4.76. The normalized spacial score (nSPS) is 19.7. The zero-order valence-electron chi connectivity index (χ0n) is 17.7. The van der Waals surface area contributed by atoms with Crippen LogP contribution in [0, 0.1) is 0 Å². The van der Waals surface area contributed by atoms with Crippen molar-refractivity contribution >= 4 is 74.3 Å². The molecule has 3 aromatic heterocycles. The lowest BCUT2D eigenvalue weighted by atomic mass is 10.0. The number of hydrogen-bond donors (Lipinski definition) is 2. The Labute approximate surface area is 215 Å². The van der Waals surface area contributed by atoms with Gasteiger partial charge >= 0.3 is 5.97 Å². The highest BCUT2D eigenvalue weighted by molar-refractivity contribution is 8.04. The van der Waals surface area contributed by atoms with Crippen molar-refractivity contribution in [2.45, 2.75) is 22.0 Å². The minimum atomic E-state index is -1.21. The Morgan fingerprint density at radius 3 is 2.89 bits per heavy atom. The van der Waals surface area contributed by atoms with Gasteiger partial charge in [-0.25, -0.2) is 14.8 Å². The molecule has 0 saturated carbocycles. The second-order valence-corrected chi connectivity index (χ2v) is 11.8. The molecule has 2 aliphatic heterocycles. The number of nitrogens with zero attached hydrogens (tertiary/aromatic N) is 3. The van der Waals surface area contributed by atoms with E-state index in [-0.39, 0.29) is 23.5 Å². The van der Waals surface area contributed by atoms with Crippen LogP contribution in [-0.2, 0) is 20.8 Å². The Balaban J connectivity index is 1.30. The molecule has 5 heterocycles. The van der Waals surface area contributed by atoms with Gasteiger partial charge in [0.2, 0.25) is 11.3 Å². The van der Waals surface area contributed by atoms with E-state index in [2.05, 4.69) is 15.3 Å². The predicted molar refractivity (Wildman–Crippen MR) is 136 cm³/mol. The van der Waals surface area contributed by atoms with Crippen molar-refractivity contribution in [3.63, 3.8) is 0 Å². The average Bonchev–Trinajstić information content (AvgIpc) is 3.35. The fraction of sp³-hybridized carbons (Fsp3) is 0.182. The maximum absolute atomic E-state index is 12.8. The summed E-state index contributed by atoms with van der Waals surface area (Å²) in [5.41, 5.74) is 0.472. The third-order valence-corrected chi connectivity index (χ3v) is 9.38. The molecule has 1 fully saturated rings. The summed E-state index contributed by atoms with van der Waals surface area (Å²) in [6.07, 6.45) is 4.81. The van der Waals surface area contributed by atoms with E-state index in [1.54, 1.807) is 11.5 Å². The molecule has 13 heteroatoms. The molecule has 178 valence electrons. The first kappa shape index (κ1) is 23.7. The number of carbonyl (C=O) groups is 3. The summed E-state index contributed by atoms with van der Waals surface area (Å²) in [5.74, 6) is -1.55. The number of hydrogen-bond acceptors (Lipinski definition) is 10. The van der Waals surface area contributed by atoms with Crippen molar-refractivity contribution in [3.05, 3.63) is 73.8 Å². The molecule has 9 nitrogen and oxygen atoms in total. The Kier molecular flexibility index (Phi) is 6.73. The largest absolute Gasteiger partial charge is 0.477 e. The first-order valence-corrected chi connectivity index (χ1v) is 13.9. The molecule has 0 aromatic carbocycles. The van der Waals surface area contributed by atoms with E-state index in [9.17, 15) is 24.3 Å². The van der Waals surface area contributed by atoms with Crippen molar-refractivity contribution < 1.29 is 19.5 Å². The van der Waals surface area contributed by atoms with Crippen molar-refractivity contribution in [2.75, 3.05) is 5.75 Å². The number of β-lactam (4-membered cyclic amide) rings is 1. The number of rotatable bonds is 7. The van der Waals surface area contributed by atoms with Crippen LogP contribution in [0.4, 0.5) is 0 Å². The van der Waals surface area contributed by atoms with Gasteiger partial charge in [0.1, 0.15) is 27.5 Å². The highest BCUT2D eigenvalue weighted by atomic mass is 32.2. The maximum Gasteiger partial charge on any atom is 0.352 e. The minimum Gasteiger partial charge on any atom is -0.477 e. The predicted octanol–water partition coefficient (Wildman–Crippen LogP) is 2.70. The molecule has 0 aliphatic carbocycles. The van der Waals surface area contributed by atoms with E-state index in [1.165, 1.54) is 69.6 Å². The van der Waals surface area contributed by atoms with Crippen LogP contribution in [0.15, 0.2) is 67.7 Å². The lowest BCUT2D eigenvalue weighted by molar-refractivity contribution is -0.150. The number of nitrogens with one attached hydrogen (secondary N) is 1. The first-order chi connectivity index (χ1) is 16.9. The average molecular weight is 545 g/mol. The summed E-state index contributed by atoms with van der Waals surface area (Å²) >= 11 is 5.43. The molecule has 2 amide bonds. The Hall–Kier alpha value is -3.00. The van der Waals surface area contributed by atoms with Gasteiger partial charge < -0.3 is 10.4 Å². The molecular formula is C22H16N4O5S4. The van der Waals surface area contributed by atoms with E-state index in [1.807, 2.05) is 17.5 Å². The second kappa shape index (κ2) is 9.93. The number of aromatic nitrogens is 2. The fourth-order valence-corrected chi connectivity index (χ4v) is 7.56. The number of thiophene rings is 1. The van der Waals surface area contributed by atoms with Gasteiger partial charge in [-0.15, -0.1) is 34.4 Å². The first-order valence-electron chi connectivity index (χ1n) is 10.2. The molecule has 2 aliphatic rings. The Bertz CT molecular complexity index is 1450. The number of carboxylic acid groups (broad SMARTS) is 1. The molecule has 0 spiro atoms. The van der Waals surface area contributed by atoms with Gasteiger partial charge in [0.25, 0.3) is 5.91 Å². The summed E-state index contributed by atoms with van der Waals surface area (Å²) < 4.78 is 0.687. The standard InChI is InChI=1S/C22H16N4O5S4/c27-13-9-15(35-19-16(13)23-4-5-24-19)33-7-3-11-10-34-21-17(20(29)26(21)18(11)22(30)31)25-14(28)8-12-2-1-6-32-12/h1-7,9,17,21H,8,10H2,(H,25,28)(H,30,31)/b7-3+/t17?,21-/m1/s1. The van der Waals surface area contributed by atoms with Crippen LogP contribution in [0.2, 0.25) is 0 Å². The fourth-order valence-electron chi connectivity index (χ4n) is 3.68. The van der Waals surface area contributed by atoms with E-state index in [4.69, 9.17) is 0 Å². The van der Waals surface area contributed by atoms with Crippen molar-refractivity contribution in [3.8, 4) is 0 Å². The molecule has 2 N–H and O–H groups in total. The lowest BCUT2D eigenvalue weighted by Gasteiger charge is -2.49. The molecule has 0 radical (unpaired) electrons. The van der Waals surface area contributed by atoms with Crippen LogP contribution >= 0.6 is 46.2 Å². The molecule has 1 saturated heterocycles. The molecule has 1 unspecified atom stereocenters. The lowest BCUT2D eigenvalue weighted by Crippen LogP contribution is -2.70. The summed E-state index contributed by atoms with van der Waals surface area (Å²) in [4.78, 5) is 60.2. The van der Waals surface area contributed by atoms with Gasteiger partial charge in [0.15, 0.2) is 0 Å². The van der Waals surface area contributed by atoms with Crippen molar-refractivity contribution in [2.24, 2.45) is 0 Å². The van der Waals surface area contributed by atoms with Crippen LogP contribution in [-0.4, -0.2) is 54.9 Å². The van der Waals surface area contributed by atoms with Crippen LogP contribution in [0.5, 0.6) is 0 Å². The molecular weight excluding hydrogens is 529 g/mol. The number of aliphatic carboxylic acids is 1. The number of carboxylic acids is 1. The maximum atomic E-state index is 12.8. The van der Waals surface area contributed by atoms with Gasteiger partial charge in [-0.1, -0.05) is 17.8 Å². The zero-order chi connectivity index (χ0) is 24.5. The summed E-state index contributed by atoms with van der Waals surface area (Å²) in [5, 5.41) is 15.7. The smallest absolute Gasteiger partial charge is 0.352 e. The van der Waals surface area contributed by atoms with E-state index in [0.717, 1.165) is 4.88 Å². The molecule has 5 rings (SSSR count). The molecule has 35 heavy (non-hydrogen) atoms. The Morgan fingerprint density at radius 2 is 2.11 bits per heavy atom. The molecule has 2 atom stereocenters. The van der Waals surface area contributed by atoms with Crippen LogP contribution in [0.25, 0.3) is 10.3 Å². The number of carbonyl (C=O) groups excluding carboxylic acids is 2. The van der Waals surface area contributed by atoms with Crippen LogP contribution in [0.1, 0.15) is 4.88 Å². The number of allylic oxidation sites excluding steroid dienone is 1. The summed E-state index contributed by atoms with van der Waals surface area (Å²) in [6, 6.07) is 4.42. The van der Waals surface area contributed by atoms with E-state index < -0.39 is 23.3 Å². The summed E-state index contributed by atoms with van der Waals surface area (Å²) in [7, 11) is 0. The monoisotopic (exact) mass is 544 g/mol. The number of fused-ring (bicyclic) bond motifs is 2. The van der Waals surface area contributed by atoms with Gasteiger partial charge in [-0.05, 0) is 28.5 Å². The quantitative estimate of drug-likeness (QED) is 0.341. The number of amides is 2. The highest BCUT2D eigenvalue weighted by Crippen LogP contribution is 2.41. The van der Waals surface area contributed by atoms with E-state index >= 15 is 0 Å². The summed E-state index contributed by atoms with van der Waals surface area (Å²) in [6.45, 7) is 0. The van der Waals surface area contributed by atoms with Crippen LogP contribution < -0.4 is 10.7 Å². The topological polar surface area (TPSA) is 130 Å².